The second-order valence-corrected chi connectivity index (χ2v) is 5.19. The largest absolute Gasteiger partial charge is 0.0528 e. The van der Waals surface area contributed by atoms with E-state index in [1.54, 1.807) is 51.4 Å². The van der Waals surface area contributed by atoms with E-state index in [1.165, 1.54) is 11.8 Å². The maximum Gasteiger partial charge on any atom is -0.0294 e. The molecule has 0 N–H and O–H groups in total. The number of hydrogen-bond donors (Lipinski definition) is 0. The molecule has 0 unspecified atom stereocenters. The molecule has 0 amide bonds. The Morgan fingerprint density at radius 1 is 0.818 bits per heavy atom. The van der Waals surface area contributed by atoms with Gasteiger partial charge in [-0.3, -0.25) is 0 Å². The van der Waals surface area contributed by atoms with Gasteiger partial charge in [-0.25, -0.2) is 0 Å². The molecule has 3 aliphatic rings. The quantitative estimate of drug-likeness (QED) is 0.496. The standard InChI is InChI=1S/C11H18/c1-2-9-4-5-11(6-7-11)8-10(9)3-1/h9-10H,1-8H2/t9-,10+/m0/s1. The molecular formula is C11H18. The second kappa shape index (κ2) is 2.02. The molecule has 0 aromatic carbocycles. The number of rotatable bonds is 0. The van der Waals surface area contributed by atoms with Crippen molar-refractivity contribution in [2.24, 2.45) is 17.3 Å². The van der Waals surface area contributed by atoms with Crippen LogP contribution in [0.15, 0.2) is 0 Å². The minimum absolute atomic E-state index is 0.922. The van der Waals surface area contributed by atoms with E-state index in [0.717, 1.165) is 5.41 Å². The summed E-state index contributed by atoms with van der Waals surface area (Å²) in [6.07, 6.45) is 12.7. The van der Waals surface area contributed by atoms with Gasteiger partial charge in [0.15, 0.2) is 0 Å². The highest BCUT2D eigenvalue weighted by Crippen LogP contribution is 2.61. The molecule has 0 aromatic heterocycles. The summed E-state index contributed by atoms with van der Waals surface area (Å²) in [6, 6.07) is 0. The summed E-state index contributed by atoms with van der Waals surface area (Å²) in [5.41, 5.74) is 0.922. The molecule has 0 heterocycles. The lowest BCUT2D eigenvalue weighted by Crippen LogP contribution is -2.21. The van der Waals surface area contributed by atoms with Crippen molar-refractivity contribution in [2.75, 3.05) is 0 Å². The summed E-state index contributed by atoms with van der Waals surface area (Å²) in [5.74, 6) is 2.34. The molecule has 2 atom stereocenters. The predicted octanol–water partition coefficient (Wildman–Crippen LogP) is 3.37. The molecule has 3 aliphatic carbocycles. The Labute approximate surface area is 69.4 Å². The van der Waals surface area contributed by atoms with Crippen molar-refractivity contribution in [3.8, 4) is 0 Å². The first kappa shape index (κ1) is 6.51. The van der Waals surface area contributed by atoms with Crippen LogP contribution in [-0.4, -0.2) is 0 Å². The molecule has 0 saturated heterocycles. The number of hydrogen-bond acceptors (Lipinski definition) is 0. The fourth-order valence-electron chi connectivity index (χ4n) is 3.54. The van der Waals surface area contributed by atoms with E-state index in [0.29, 0.717) is 0 Å². The van der Waals surface area contributed by atoms with E-state index < -0.39 is 0 Å². The summed E-state index contributed by atoms with van der Waals surface area (Å²) < 4.78 is 0. The SMILES string of the molecule is C1C[C@H]2CCC3(CC3)C[C@H]2C1. The third kappa shape index (κ3) is 0.947. The van der Waals surface area contributed by atoms with Crippen LogP contribution >= 0.6 is 0 Å². The fraction of sp³-hybridized carbons (Fsp3) is 1.00. The first-order valence-electron chi connectivity index (χ1n) is 5.38. The smallest absolute Gasteiger partial charge is 0.0294 e. The minimum atomic E-state index is 0.922. The van der Waals surface area contributed by atoms with Crippen LogP contribution in [0.2, 0.25) is 0 Å². The van der Waals surface area contributed by atoms with E-state index in [2.05, 4.69) is 0 Å². The van der Waals surface area contributed by atoms with Gasteiger partial charge < -0.3 is 0 Å². The first-order valence-corrected chi connectivity index (χ1v) is 5.38. The molecular weight excluding hydrogens is 132 g/mol. The molecule has 0 nitrogen and oxygen atoms in total. The van der Waals surface area contributed by atoms with Crippen molar-refractivity contribution in [1.29, 1.82) is 0 Å². The van der Waals surface area contributed by atoms with Crippen molar-refractivity contribution in [2.45, 2.75) is 51.4 Å². The van der Waals surface area contributed by atoms with Gasteiger partial charge >= 0.3 is 0 Å². The highest BCUT2D eigenvalue weighted by atomic mass is 14.5. The molecule has 3 fully saturated rings. The minimum Gasteiger partial charge on any atom is -0.0528 e. The van der Waals surface area contributed by atoms with E-state index in [9.17, 15) is 0 Å². The average Bonchev–Trinajstić information content (AvgIpc) is 2.63. The Balaban J connectivity index is 1.75. The lowest BCUT2D eigenvalue weighted by atomic mass is 9.74. The van der Waals surface area contributed by atoms with Gasteiger partial charge in [-0.15, -0.1) is 0 Å². The molecule has 11 heavy (non-hydrogen) atoms. The zero-order valence-electron chi connectivity index (χ0n) is 7.31. The third-order valence-electron chi connectivity index (χ3n) is 4.51. The van der Waals surface area contributed by atoms with Gasteiger partial charge in [0.25, 0.3) is 0 Å². The molecule has 3 rings (SSSR count). The lowest BCUT2D eigenvalue weighted by Gasteiger charge is -2.31. The summed E-state index contributed by atoms with van der Waals surface area (Å²) in [6.45, 7) is 0. The van der Waals surface area contributed by atoms with Gasteiger partial charge in [-0.2, -0.15) is 0 Å². The monoisotopic (exact) mass is 150 g/mol. The molecule has 0 bridgehead atoms. The van der Waals surface area contributed by atoms with Gasteiger partial charge in [0.2, 0.25) is 0 Å². The van der Waals surface area contributed by atoms with Crippen LogP contribution in [0, 0.1) is 17.3 Å². The maximum atomic E-state index is 1.62. The van der Waals surface area contributed by atoms with Crippen molar-refractivity contribution in [3.63, 3.8) is 0 Å². The van der Waals surface area contributed by atoms with Gasteiger partial charge in [0, 0.05) is 0 Å². The van der Waals surface area contributed by atoms with Gasteiger partial charge in [-0.1, -0.05) is 19.3 Å². The van der Waals surface area contributed by atoms with Gasteiger partial charge in [0.1, 0.15) is 0 Å². The summed E-state index contributed by atoms with van der Waals surface area (Å²) >= 11 is 0. The van der Waals surface area contributed by atoms with Gasteiger partial charge in [0.05, 0.1) is 0 Å². The van der Waals surface area contributed by atoms with Crippen LogP contribution in [0.5, 0.6) is 0 Å². The highest BCUT2D eigenvalue weighted by molar-refractivity contribution is 5.00. The normalized spacial score (nSPS) is 45.8. The Morgan fingerprint density at radius 3 is 2.45 bits per heavy atom. The third-order valence-corrected chi connectivity index (χ3v) is 4.51. The van der Waals surface area contributed by atoms with Crippen molar-refractivity contribution in [1.82, 2.24) is 0 Å². The first-order chi connectivity index (χ1) is 5.38. The maximum absolute atomic E-state index is 1.62. The predicted molar refractivity (Wildman–Crippen MR) is 46.3 cm³/mol. The molecule has 62 valence electrons. The van der Waals surface area contributed by atoms with Crippen LogP contribution in [0.1, 0.15) is 51.4 Å². The molecule has 0 aliphatic heterocycles. The Hall–Kier alpha value is 0. The highest BCUT2D eigenvalue weighted by Gasteiger charge is 2.49. The van der Waals surface area contributed by atoms with Crippen LogP contribution < -0.4 is 0 Å². The van der Waals surface area contributed by atoms with Gasteiger partial charge in [-0.05, 0) is 49.4 Å². The van der Waals surface area contributed by atoms with E-state index in [1.807, 2.05) is 0 Å². The summed E-state index contributed by atoms with van der Waals surface area (Å²) in [7, 11) is 0. The Kier molecular flexibility index (Phi) is 1.20. The van der Waals surface area contributed by atoms with Crippen molar-refractivity contribution >= 4 is 0 Å². The molecule has 0 heteroatoms. The Bertz CT molecular complexity index is 167. The van der Waals surface area contributed by atoms with E-state index in [-0.39, 0.29) is 0 Å². The fourth-order valence-corrected chi connectivity index (χ4v) is 3.54. The van der Waals surface area contributed by atoms with E-state index >= 15 is 0 Å². The Morgan fingerprint density at radius 2 is 1.64 bits per heavy atom. The van der Waals surface area contributed by atoms with Crippen LogP contribution in [0.4, 0.5) is 0 Å². The summed E-state index contributed by atoms with van der Waals surface area (Å²) in [4.78, 5) is 0. The van der Waals surface area contributed by atoms with Crippen LogP contribution in [0.3, 0.4) is 0 Å². The van der Waals surface area contributed by atoms with Crippen LogP contribution in [-0.2, 0) is 0 Å². The molecule has 0 radical (unpaired) electrons. The summed E-state index contributed by atoms with van der Waals surface area (Å²) in [5, 5.41) is 0. The van der Waals surface area contributed by atoms with Crippen molar-refractivity contribution < 1.29 is 0 Å². The molecule has 3 saturated carbocycles. The lowest BCUT2D eigenvalue weighted by molar-refractivity contribution is 0.192. The molecule has 1 spiro atoms. The molecule has 0 aromatic rings. The second-order valence-electron chi connectivity index (χ2n) is 5.19. The zero-order chi connectivity index (χ0) is 7.31. The number of fused-ring (bicyclic) bond motifs is 1. The van der Waals surface area contributed by atoms with Crippen LogP contribution in [0.25, 0.3) is 0 Å². The van der Waals surface area contributed by atoms with E-state index in [4.69, 9.17) is 0 Å². The average molecular weight is 150 g/mol. The topological polar surface area (TPSA) is 0 Å². The van der Waals surface area contributed by atoms with Crippen molar-refractivity contribution in [3.05, 3.63) is 0 Å². The zero-order valence-corrected chi connectivity index (χ0v) is 7.31.